The van der Waals surface area contributed by atoms with Crippen molar-refractivity contribution in [2.45, 2.75) is 25.7 Å². The van der Waals surface area contributed by atoms with E-state index in [1.54, 1.807) is 0 Å². The zero-order valence-electron chi connectivity index (χ0n) is 16.8. The van der Waals surface area contributed by atoms with Gasteiger partial charge in [0.15, 0.2) is 0 Å². The number of hydrogen-bond acceptors (Lipinski definition) is 1. The van der Waals surface area contributed by atoms with Crippen molar-refractivity contribution in [2.75, 3.05) is 0 Å². The van der Waals surface area contributed by atoms with Crippen LogP contribution in [0.5, 0.6) is 0 Å². The van der Waals surface area contributed by atoms with Crippen molar-refractivity contribution in [2.24, 2.45) is 0 Å². The number of rotatable bonds is 3. The number of nitrogens with zero attached hydrogens (tertiary/aromatic N) is 1. The molecule has 1 nitrogen and oxygen atoms in total. The Morgan fingerprint density at radius 1 is 0.688 bits per heavy atom. The van der Waals surface area contributed by atoms with Crippen LogP contribution in [0.2, 0.25) is 0 Å². The Bertz CT molecular complexity index is 1190. The molecule has 0 spiro atoms. The zero-order valence-corrected chi connectivity index (χ0v) is 24.8. The lowest BCUT2D eigenvalue weighted by atomic mass is 9.94. The molecular formula is C25H18Br4ClNS. The van der Waals surface area contributed by atoms with Gasteiger partial charge in [-0.1, -0.05) is 81.1 Å². The van der Waals surface area contributed by atoms with Crippen LogP contribution in [0.1, 0.15) is 23.4 Å². The average molecular weight is 720 g/mol. The maximum atomic E-state index is 3.68. The third-order valence-electron chi connectivity index (χ3n) is 5.60. The number of thiazole rings is 1. The van der Waals surface area contributed by atoms with E-state index in [0.29, 0.717) is 0 Å². The SMILES string of the molecule is Brc1cc(Br)cc(-c2cccc(-c3cc(Br)cc(Br)c3)c2-[n+]2csc3c2CCCC3)c1.[Cl-]. The Morgan fingerprint density at radius 3 is 1.72 bits per heavy atom. The predicted octanol–water partition coefficient (Wildman–Crippen LogP) is 6.29. The number of aromatic nitrogens is 1. The molecular weight excluding hydrogens is 701 g/mol. The smallest absolute Gasteiger partial charge is 0.231 e. The van der Waals surface area contributed by atoms with Crippen LogP contribution in [-0.4, -0.2) is 0 Å². The van der Waals surface area contributed by atoms with E-state index in [1.807, 2.05) is 11.3 Å². The number of halogens is 5. The van der Waals surface area contributed by atoms with Crippen LogP contribution in [0, 0.1) is 0 Å². The largest absolute Gasteiger partial charge is 1.00 e. The van der Waals surface area contributed by atoms with Gasteiger partial charge in [-0.3, -0.25) is 0 Å². The van der Waals surface area contributed by atoms with E-state index in [-0.39, 0.29) is 12.4 Å². The molecule has 0 unspecified atom stereocenters. The number of benzene rings is 3. The van der Waals surface area contributed by atoms with E-state index in [2.05, 4.69) is 128 Å². The highest BCUT2D eigenvalue weighted by Crippen LogP contribution is 2.38. The Kier molecular flexibility index (Phi) is 8.01. The molecule has 0 bridgehead atoms. The molecule has 5 rings (SSSR count). The topological polar surface area (TPSA) is 3.88 Å². The van der Waals surface area contributed by atoms with Gasteiger partial charge in [0.1, 0.15) is 0 Å². The molecule has 1 heterocycles. The van der Waals surface area contributed by atoms with Crippen molar-refractivity contribution in [1.82, 2.24) is 0 Å². The summed E-state index contributed by atoms with van der Waals surface area (Å²) in [5, 5.41) is 0. The Morgan fingerprint density at radius 2 is 1.19 bits per heavy atom. The number of hydrogen-bond donors (Lipinski definition) is 0. The van der Waals surface area contributed by atoms with Crippen LogP contribution in [0.4, 0.5) is 0 Å². The molecule has 0 fully saturated rings. The molecule has 0 N–H and O–H groups in total. The summed E-state index contributed by atoms with van der Waals surface area (Å²) < 4.78 is 6.71. The van der Waals surface area contributed by atoms with Crippen LogP contribution >= 0.6 is 75.1 Å². The van der Waals surface area contributed by atoms with Gasteiger partial charge in [0, 0.05) is 24.3 Å². The van der Waals surface area contributed by atoms with Crippen molar-refractivity contribution < 1.29 is 17.0 Å². The molecule has 3 aromatic carbocycles. The molecule has 7 heteroatoms. The minimum atomic E-state index is 0. The van der Waals surface area contributed by atoms with E-state index in [0.717, 1.165) is 24.3 Å². The van der Waals surface area contributed by atoms with E-state index >= 15 is 0 Å². The Balaban J connectivity index is 0.00000245. The average Bonchev–Trinajstić information content (AvgIpc) is 3.15. The first-order valence-electron chi connectivity index (χ1n) is 10.1. The molecule has 0 saturated heterocycles. The normalized spacial score (nSPS) is 12.9. The number of fused-ring (bicyclic) bond motifs is 1. The maximum absolute atomic E-state index is 3.68. The molecule has 1 aliphatic rings. The van der Waals surface area contributed by atoms with Gasteiger partial charge >= 0.3 is 0 Å². The second-order valence-electron chi connectivity index (χ2n) is 7.69. The van der Waals surface area contributed by atoms with Gasteiger partial charge in [-0.25, -0.2) is 0 Å². The summed E-state index contributed by atoms with van der Waals surface area (Å²) in [5.74, 6) is 0. The van der Waals surface area contributed by atoms with E-state index in [4.69, 9.17) is 0 Å². The molecule has 32 heavy (non-hydrogen) atoms. The first-order valence-corrected chi connectivity index (χ1v) is 14.1. The highest BCUT2D eigenvalue weighted by atomic mass is 79.9. The second kappa shape index (κ2) is 10.4. The summed E-state index contributed by atoms with van der Waals surface area (Å²) in [5.41, 5.74) is 9.85. The molecule has 0 saturated carbocycles. The summed E-state index contributed by atoms with van der Waals surface area (Å²) in [6.45, 7) is 0. The third-order valence-corrected chi connectivity index (χ3v) is 8.48. The summed E-state index contributed by atoms with van der Waals surface area (Å²) in [6.07, 6.45) is 4.87. The summed E-state index contributed by atoms with van der Waals surface area (Å²) >= 11 is 16.6. The van der Waals surface area contributed by atoms with Crippen LogP contribution in [0.15, 0.2) is 78.0 Å². The summed E-state index contributed by atoms with van der Waals surface area (Å²) in [4.78, 5) is 1.53. The van der Waals surface area contributed by atoms with Crippen LogP contribution in [-0.2, 0) is 12.8 Å². The monoisotopic (exact) mass is 715 g/mol. The van der Waals surface area contributed by atoms with Crippen molar-refractivity contribution >= 4 is 75.1 Å². The standard InChI is InChI=1S/C25H18Br4NS.ClH/c26-17-8-15(9-18(27)12-17)21-4-3-5-22(16-10-19(28)13-20(29)11-16)25(21)30-14-31-24-7-2-1-6-23(24)30;/h3-5,8-14H,1-2,6-7H2;1H/q+1;/p-1. The molecule has 4 aromatic rings. The maximum Gasteiger partial charge on any atom is 0.231 e. The molecule has 0 radical (unpaired) electrons. The fraction of sp³-hybridized carbons (Fsp3) is 0.160. The van der Waals surface area contributed by atoms with E-state index in [1.165, 1.54) is 57.8 Å². The van der Waals surface area contributed by atoms with E-state index in [9.17, 15) is 0 Å². The minimum Gasteiger partial charge on any atom is -1.00 e. The van der Waals surface area contributed by atoms with Crippen LogP contribution in [0.3, 0.4) is 0 Å². The van der Waals surface area contributed by atoms with Crippen molar-refractivity contribution in [3.63, 3.8) is 0 Å². The summed E-state index contributed by atoms with van der Waals surface area (Å²) in [6, 6.07) is 19.6. The van der Waals surface area contributed by atoms with Crippen LogP contribution in [0.25, 0.3) is 27.9 Å². The first kappa shape index (κ1) is 24.6. The van der Waals surface area contributed by atoms with Gasteiger partial charge in [0.2, 0.25) is 16.9 Å². The van der Waals surface area contributed by atoms with Crippen molar-refractivity contribution in [3.8, 4) is 27.9 Å². The number of aryl methyl sites for hydroxylation is 1. The molecule has 164 valence electrons. The third kappa shape index (κ3) is 4.96. The lowest BCUT2D eigenvalue weighted by Crippen LogP contribution is -3.00. The lowest BCUT2D eigenvalue weighted by Gasteiger charge is -2.14. The molecule has 1 aromatic heterocycles. The summed E-state index contributed by atoms with van der Waals surface area (Å²) in [7, 11) is 0. The fourth-order valence-electron chi connectivity index (χ4n) is 4.30. The van der Waals surface area contributed by atoms with Crippen LogP contribution < -0.4 is 17.0 Å². The Labute approximate surface area is 232 Å². The molecule has 1 aliphatic carbocycles. The fourth-order valence-corrected chi connectivity index (χ4v) is 7.95. The van der Waals surface area contributed by atoms with Gasteiger partial charge in [0.25, 0.3) is 0 Å². The highest BCUT2D eigenvalue weighted by Gasteiger charge is 2.29. The van der Waals surface area contributed by atoms with Gasteiger partial charge in [-0.2, -0.15) is 4.57 Å². The van der Waals surface area contributed by atoms with Gasteiger partial charge in [-0.05, 0) is 78.9 Å². The lowest BCUT2D eigenvalue weighted by molar-refractivity contribution is -0.598. The second-order valence-corrected chi connectivity index (χ2v) is 12.3. The van der Waals surface area contributed by atoms with E-state index < -0.39 is 0 Å². The predicted molar refractivity (Wildman–Crippen MR) is 144 cm³/mol. The van der Waals surface area contributed by atoms with Crippen molar-refractivity contribution in [1.29, 1.82) is 0 Å². The molecule has 0 amide bonds. The zero-order chi connectivity index (χ0) is 21.5. The molecule has 0 aliphatic heterocycles. The molecule has 0 atom stereocenters. The quantitative estimate of drug-likeness (QED) is 0.220. The van der Waals surface area contributed by atoms with Gasteiger partial charge in [0.05, 0.1) is 16.0 Å². The van der Waals surface area contributed by atoms with Gasteiger partial charge < -0.3 is 12.4 Å². The van der Waals surface area contributed by atoms with Crippen molar-refractivity contribution in [3.05, 3.63) is 88.6 Å². The Hall–Kier alpha value is -0.500. The minimum absolute atomic E-state index is 0. The first-order chi connectivity index (χ1) is 15.0. The highest BCUT2D eigenvalue weighted by molar-refractivity contribution is 9.11. The number of para-hydroxylation sites is 1. The van der Waals surface area contributed by atoms with Gasteiger partial charge in [-0.15, -0.1) is 0 Å².